The zero-order chi connectivity index (χ0) is 26.2. The minimum Gasteiger partial charge on any atom is -0.512 e. The van der Waals surface area contributed by atoms with Crippen LogP contribution < -0.4 is 0 Å². The number of fused-ring (bicyclic) bond motifs is 1. The third-order valence-corrected chi connectivity index (χ3v) is 8.15. The maximum Gasteiger partial charge on any atom is 0.338 e. The first-order valence-corrected chi connectivity index (χ1v) is 13.8. The first-order chi connectivity index (χ1) is 17.8. The van der Waals surface area contributed by atoms with E-state index in [4.69, 9.17) is 9.72 Å². The van der Waals surface area contributed by atoms with Gasteiger partial charge in [0.1, 0.15) is 11.4 Å². The summed E-state index contributed by atoms with van der Waals surface area (Å²) in [5, 5.41) is 15.8. The molecule has 1 saturated carbocycles. The maximum atomic E-state index is 13.4. The van der Waals surface area contributed by atoms with Crippen molar-refractivity contribution in [1.29, 1.82) is 0 Å². The van der Waals surface area contributed by atoms with E-state index in [2.05, 4.69) is 36.1 Å². The molecule has 0 spiro atoms. The average Bonchev–Trinajstić information content (AvgIpc) is 3.55. The van der Waals surface area contributed by atoms with Crippen LogP contribution in [-0.2, 0) is 35.2 Å². The Hall–Kier alpha value is -3.22. The Bertz CT molecular complexity index is 1330. The SMILES string of the molecule is CCc1cc(CC[C@]2(C3CCCC3)CC(O)=C(Cc3nc4cc(C)cc(C)n4n3)C(=O)O2)cc(CC)n1. The number of cyclic esters (lactones) is 1. The summed E-state index contributed by atoms with van der Waals surface area (Å²) in [6.45, 7) is 8.25. The van der Waals surface area contributed by atoms with Crippen LogP contribution in [0.1, 0.15) is 86.4 Å². The Labute approximate surface area is 219 Å². The van der Waals surface area contributed by atoms with Crippen LogP contribution in [0.5, 0.6) is 0 Å². The number of esters is 1. The van der Waals surface area contributed by atoms with E-state index in [-0.39, 0.29) is 23.7 Å². The predicted octanol–water partition coefficient (Wildman–Crippen LogP) is 5.73. The number of rotatable bonds is 8. The van der Waals surface area contributed by atoms with Gasteiger partial charge in [-0.3, -0.25) is 4.98 Å². The standard InChI is InChI=1S/C30H38N4O3/c1-5-23-15-21(16-24(6-2)31-23)11-12-30(22-9-7-8-10-22)18-26(35)25(29(36)37-30)17-27-32-28-14-19(3)13-20(4)34(28)33-27/h13-16,22,35H,5-12,17-18H2,1-4H3/t30-/m1/s1. The molecular weight excluding hydrogens is 464 g/mol. The zero-order valence-corrected chi connectivity index (χ0v) is 22.5. The van der Waals surface area contributed by atoms with Gasteiger partial charge < -0.3 is 9.84 Å². The molecule has 3 aromatic rings. The van der Waals surface area contributed by atoms with E-state index < -0.39 is 11.6 Å². The molecule has 0 bridgehead atoms. The van der Waals surface area contributed by atoms with Gasteiger partial charge in [-0.1, -0.05) is 26.7 Å². The number of aliphatic hydroxyl groups is 1. The molecule has 0 aromatic carbocycles. The van der Waals surface area contributed by atoms with Crippen molar-refractivity contribution >= 4 is 11.6 Å². The van der Waals surface area contributed by atoms with E-state index in [0.717, 1.165) is 73.2 Å². The van der Waals surface area contributed by atoms with Crippen LogP contribution >= 0.6 is 0 Å². The van der Waals surface area contributed by atoms with Crippen molar-refractivity contribution in [3.63, 3.8) is 0 Å². The van der Waals surface area contributed by atoms with Gasteiger partial charge in [-0.05, 0) is 93.7 Å². The topological polar surface area (TPSA) is 89.6 Å². The number of aromatic nitrogens is 4. The van der Waals surface area contributed by atoms with Gasteiger partial charge in [0.05, 0.1) is 5.57 Å². The van der Waals surface area contributed by atoms with Gasteiger partial charge in [0, 0.05) is 29.9 Å². The lowest BCUT2D eigenvalue weighted by Gasteiger charge is -2.41. The van der Waals surface area contributed by atoms with Crippen molar-refractivity contribution in [1.82, 2.24) is 19.6 Å². The van der Waals surface area contributed by atoms with E-state index in [1.807, 2.05) is 26.0 Å². The molecule has 7 heteroatoms. The van der Waals surface area contributed by atoms with Crippen molar-refractivity contribution in [2.24, 2.45) is 5.92 Å². The Balaban J connectivity index is 1.41. The fraction of sp³-hybridized carbons (Fsp3) is 0.533. The number of nitrogens with zero attached hydrogens (tertiary/aromatic N) is 4. The smallest absolute Gasteiger partial charge is 0.338 e. The van der Waals surface area contributed by atoms with Crippen molar-refractivity contribution < 1.29 is 14.6 Å². The monoisotopic (exact) mass is 502 g/mol. The molecule has 5 rings (SSSR count). The molecule has 3 aromatic heterocycles. The maximum absolute atomic E-state index is 13.4. The van der Waals surface area contributed by atoms with Gasteiger partial charge in [0.2, 0.25) is 0 Å². The molecule has 0 amide bonds. The van der Waals surface area contributed by atoms with Gasteiger partial charge in [0.25, 0.3) is 0 Å². The lowest BCUT2D eigenvalue weighted by atomic mass is 9.76. The predicted molar refractivity (Wildman–Crippen MR) is 143 cm³/mol. The van der Waals surface area contributed by atoms with E-state index in [1.54, 1.807) is 4.52 Å². The van der Waals surface area contributed by atoms with Crippen molar-refractivity contribution in [3.05, 3.63) is 69.6 Å². The molecule has 1 N–H and O–H groups in total. The number of hydrogen-bond acceptors (Lipinski definition) is 6. The second kappa shape index (κ2) is 10.3. The molecule has 0 saturated heterocycles. The molecule has 1 aliphatic heterocycles. The van der Waals surface area contributed by atoms with E-state index in [9.17, 15) is 9.90 Å². The Morgan fingerprint density at radius 2 is 1.76 bits per heavy atom. The highest BCUT2D eigenvalue weighted by Gasteiger charge is 2.48. The zero-order valence-electron chi connectivity index (χ0n) is 22.5. The Morgan fingerprint density at radius 1 is 1.05 bits per heavy atom. The van der Waals surface area contributed by atoms with Gasteiger partial charge in [0.15, 0.2) is 11.5 Å². The molecule has 0 radical (unpaired) electrons. The van der Waals surface area contributed by atoms with Crippen LogP contribution in [0.2, 0.25) is 0 Å². The lowest BCUT2D eigenvalue weighted by molar-refractivity contribution is -0.167. The van der Waals surface area contributed by atoms with Crippen LogP contribution in [0, 0.1) is 19.8 Å². The third kappa shape index (κ3) is 5.13. The molecule has 0 unspecified atom stereocenters. The molecule has 1 aliphatic carbocycles. The minimum absolute atomic E-state index is 0.133. The summed E-state index contributed by atoms with van der Waals surface area (Å²) in [6, 6.07) is 8.36. The molecule has 196 valence electrons. The normalized spacial score (nSPS) is 20.7. The number of aliphatic hydroxyl groups excluding tert-OH is 1. The summed E-state index contributed by atoms with van der Waals surface area (Å²) >= 11 is 0. The van der Waals surface area contributed by atoms with Gasteiger partial charge in [-0.2, -0.15) is 5.10 Å². The summed E-state index contributed by atoms with van der Waals surface area (Å²) < 4.78 is 8.11. The number of hydrogen-bond donors (Lipinski definition) is 1. The molecule has 37 heavy (non-hydrogen) atoms. The average molecular weight is 503 g/mol. The molecule has 2 aliphatic rings. The van der Waals surface area contributed by atoms with E-state index in [0.29, 0.717) is 18.7 Å². The fourth-order valence-corrected chi connectivity index (χ4v) is 6.16. The van der Waals surface area contributed by atoms with Gasteiger partial charge >= 0.3 is 5.97 Å². The lowest BCUT2D eigenvalue weighted by Crippen LogP contribution is -2.46. The highest BCUT2D eigenvalue weighted by Crippen LogP contribution is 2.46. The molecule has 1 fully saturated rings. The molecule has 4 heterocycles. The largest absolute Gasteiger partial charge is 0.512 e. The summed E-state index contributed by atoms with van der Waals surface area (Å²) in [4.78, 5) is 22.7. The van der Waals surface area contributed by atoms with Crippen LogP contribution in [0.25, 0.3) is 5.65 Å². The van der Waals surface area contributed by atoms with Gasteiger partial charge in [-0.15, -0.1) is 0 Å². The first-order valence-electron chi connectivity index (χ1n) is 13.8. The summed E-state index contributed by atoms with van der Waals surface area (Å²) in [5.41, 5.74) is 5.86. The minimum atomic E-state index is -0.677. The van der Waals surface area contributed by atoms with Gasteiger partial charge in [-0.25, -0.2) is 14.3 Å². The Kier molecular flexibility index (Phi) is 7.06. The van der Waals surface area contributed by atoms with Crippen molar-refractivity contribution in [2.75, 3.05) is 0 Å². The number of ether oxygens (including phenoxy) is 1. The highest BCUT2D eigenvalue weighted by atomic mass is 16.6. The van der Waals surface area contributed by atoms with Crippen LogP contribution in [-0.4, -0.2) is 36.3 Å². The van der Waals surface area contributed by atoms with Crippen LogP contribution in [0.4, 0.5) is 0 Å². The summed E-state index contributed by atoms with van der Waals surface area (Å²) in [7, 11) is 0. The molecular formula is C30H38N4O3. The first kappa shape index (κ1) is 25.4. The van der Waals surface area contributed by atoms with E-state index in [1.165, 1.54) is 5.56 Å². The number of carbonyl (C=O) groups excluding carboxylic acids is 1. The molecule has 1 atom stereocenters. The number of carbonyl (C=O) groups is 1. The van der Waals surface area contributed by atoms with Crippen molar-refractivity contribution in [3.8, 4) is 0 Å². The summed E-state index contributed by atoms with van der Waals surface area (Å²) in [6.07, 6.45) is 8.13. The molecule has 7 nitrogen and oxygen atoms in total. The number of pyridine rings is 2. The van der Waals surface area contributed by atoms with Crippen LogP contribution in [0.15, 0.2) is 35.6 Å². The van der Waals surface area contributed by atoms with Crippen LogP contribution in [0.3, 0.4) is 0 Å². The second-order valence-corrected chi connectivity index (χ2v) is 10.9. The Morgan fingerprint density at radius 3 is 2.41 bits per heavy atom. The summed E-state index contributed by atoms with van der Waals surface area (Å²) in [5.74, 6) is 0.475. The second-order valence-electron chi connectivity index (χ2n) is 10.9. The quantitative estimate of drug-likeness (QED) is 0.396. The number of aryl methyl sites for hydroxylation is 5. The third-order valence-electron chi connectivity index (χ3n) is 8.15. The van der Waals surface area contributed by atoms with Crippen molar-refractivity contribution in [2.45, 2.75) is 97.5 Å². The highest BCUT2D eigenvalue weighted by molar-refractivity contribution is 5.90. The fourth-order valence-electron chi connectivity index (χ4n) is 6.16. The van der Waals surface area contributed by atoms with E-state index >= 15 is 0 Å².